The van der Waals surface area contributed by atoms with Gasteiger partial charge < -0.3 is 15.1 Å². The maximum Gasteiger partial charge on any atom is 0.181 e. The minimum Gasteiger partial charge on any atom is -0.469 e. The van der Waals surface area contributed by atoms with Crippen molar-refractivity contribution in [2.24, 2.45) is 0 Å². The maximum atomic E-state index is 6.27. The van der Waals surface area contributed by atoms with Gasteiger partial charge >= 0.3 is 0 Å². The monoisotopic (exact) mass is 296 g/mol. The van der Waals surface area contributed by atoms with Crippen molar-refractivity contribution in [3.05, 3.63) is 48.9 Å². The Kier molecular flexibility index (Phi) is 3.03. The van der Waals surface area contributed by atoms with Crippen molar-refractivity contribution in [2.75, 3.05) is 23.7 Å². The van der Waals surface area contributed by atoms with Crippen LogP contribution in [0.1, 0.15) is 18.1 Å². The molecular formula is C15H16N6O. The summed E-state index contributed by atoms with van der Waals surface area (Å²) in [6, 6.07) is 5.78. The van der Waals surface area contributed by atoms with E-state index < -0.39 is 0 Å². The van der Waals surface area contributed by atoms with Crippen LogP contribution in [0, 0.1) is 0 Å². The molecule has 0 amide bonds. The van der Waals surface area contributed by atoms with Gasteiger partial charge in [-0.2, -0.15) is 5.10 Å². The Bertz CT molecular complexity index is 752. The van der Waals surface area contributed by atoms with E-state index in [1.807, 2.05) is 24.4 Å². The van der Waals surface area contributed by atoms with Gasteiger partial charge in [0.05, 0.1) is 6.26 Å². The molecule has 3 aromatic heterocycles. The molecule has 0 spiro atoms. The summed E-state index contributed by atoms with van der Waals surface area (Å²) in [4.78, 5) is 10.8. The minimum atomic E-state index is 0.373. The highest BCUT2D eigenvalue weighted by molar-refractivity contribution is 5.70. The number of hydrogen-bond donors (Lipinski definition) is 1. The lowest BCUT2D eigenvalue weighted by atomic mass is 10.1. The van der Waals surface area contributed by atoms with Crippen molar-refractivity contribution in [1.82, 2.24) is 19.7 Å². The lowest BCUT2D eigenvalue weighted by Gasteiger charge is -2.19. The fourth-order valence-corrected chi connectivity index (χ4v) is 2.91. The Morgan fingerprint density at radius 2 is 2.14 bits per heavy atom. The van der Waals surface area contributed by atoms with E-state index in [0.29, 0.717) is 17.4 Å². The van der Waals surface area contributed by atoms with Crippen molar-refractivity contribution >= 4 is 11.5 Å². The van der Waals surface area contributed by atoms with Crippen molar-refractivity contribution in [2.45, 2.75) is 12.3 Å². The molecule has 2 N–H and O–H groups in total. The molecule has 0 aliphatic carbocycles. The maximum absolute atomic E-state index is 6.27. The number of rotatable bonds is 3. The number of aromatic nitrogens is 4. The molecule has 1 saturated heterocycles. The number of nitrogens with zero attached hydrogens (tertiary/aromatic N) is 5. The van der Waals surface area contributed by atoms with Gasteiger partial charge in [-0.25, -0.2) is 14.6 Å². The first kappa shape index (κ1) is 12.9. The molecule has 0 saturated carbocycles. The van der Waals surface area contributed by atoms with Gasteiger partial charge in [-0.15, -0.1) is 0 Å². The van der Waals surface area contributed by atoms with Gasteiger partial charge in [0.25, 0.3) is 0 Å². The van der Waals surface area contributed by atoms with Gasteiger partial charge in [0.1, 0.15) is 17.8 Å². The molecule has 3 aromatic rings. The first-order chi connectivity index (χ1) is 10.8. The molecule has 7 nitrogen and oxygen atoms in total. The second-order valence-electron chi connectivity index (χ2n) is 5.33. The fraction of sp³-hybridized carbons (Fsp3) is 0.267. The number of anilines is 2. The van der Waals surface area contributed by atoms with Crippen LogP contribution in [0.2, 0.25) is 0 Å². The third kappa shape index (κ3) is 2.11. The minimum absolute atomic E-state index is 0.373. The highest BCUT2D eigenvalue weighted by Gasteiger charge is 2.28. The van der Waals surface area contributed by atoms with Gasteiger partial charge in [-0.1, -0.05) is 0 Å². The Hall–Kier alpha value is -2.83. The molecule has 1 atom stereocenters. The Balaban J connectivity index is 1.63. The molecule has 0 radical (unpaired) electrons. The predicted molar refractivity (Wildman–Crippen MR) is 81.8 cm³/mol. The summed E-state index contributed by atoms with van der Waals surface area (Å²) in [6.07, 6.45) is 7.78. The molecular weight excluding hydrogens is 280 g/mol. The van der Waals surface area contributed by atoms with E-state index in [0.717, 1.165) is 31.1 Å². The summed E-state index contributed by atoms with van der Waals surface area (Å²) in [6.45, 7) is 1.73. The van der Waals surface area contributed by atoms with E-state index in [1.54, 1.807) is 17.1 Å². The van der Waals surface area contributed by atoms with Crippen LogP contribution in [-0.2, 0) is 0 Å². The largest absolute Gasteiger partial charge is 0.469 e. The smallest absolute Gasteiger partial charge is 0.181 e. The number of furan rings is 1. The van der Waals surface area contributed by atoms with Crippen LogP contribution in [-0.4, -0.2) is 32.8 Å². The molecule has 7 heteroatoms. The molecule has 1 unspecified atom stereocenters. The van der Waals surface area contributed by atoms with E-state index in [9.17, 15) is 0 Å². The van der Waals surface area contributed by atoms with Crippen molar-refractivity contribution in [3.63, 3.8) is 0 Å². The van der Waals surface area contributed by atoms with Crippen LogP contribution in [0.4, 0.5) is 11.5 Å². The van der Waals surface area contributed by atoms with E-state index >= 15 is 0 Å². The lowest BCUT2D eigenvalue weighted by molar-refractivity contribution is 0.475. The van der Waals surface area contributed by atoms with Gasteiger partial charge in [0, 0.05) is 31.4 Å². The predicted octanol–water partition coefficient (Wildman–Crippen LogP) is 1.83. The Labute approximate surface area is 127 Å². The summed E-state index contributed by atoms with van der Waals surface area (Å²) >= 11 is 0. The molecule has 0 bridgehead atoms. The Morgan fingerprint density at radius 1 is 1.23 bits per heavy atom. The molecule has 1 aliphatic heterocycles. The quantitative estimate of drug-likeness (QED) is 0.793. The van der Waals surface area contributed by atoms with Gasteiger partial charge in [-0.3, -0.25) is 0 Å². The average molecular weight is 296 g/mol. The van der Waals surface area contributed by atoms with Crippen molar-refractivity contribution in [1.29, 1.82) is 0 Å². The summed E-state index contributed by atoms with van der Waals surface area (Å²) in [5, 5.41) is 4.18. The Morgan fingerprint density at radius 3 is 2.91 bits per heavy atom. The van der Waals surface area contributed by atoms with E-state index in [1.165, 1.54) is 6.33 Å². The van der Waals surface area contributed by atoms with Crippen molar-refractivity contribution < 1.29 is 4.42 Å². The summed E-state index contributed by atoms with van der Waals surface area (Å²) in [5.74, 6) is 2.76. The standard InChI is InChI=1S/C15H16N6O/c16-13-14(17-10-18-15(13)21-6-2-5-19-21)20-7-4-11(9-20)12-3-1-8-22-12/h1-3,5-6,8,10-11H,4,7,9,16H2. The normalized spacial score (nSPS) is 18.0. The van der Waals surface area contributed by atoms with Crippen LogP contribution >= 0.6 is 0 Å². The van der Waals surface area contributed by atoms with Crippen LogP contribution in [0.3, 0.4) is 0 Å². The number of nitrogen functional groups attached to an aromatic ring is 1. The molecule has 4 heterocycles. The zero-order chi connectivity index (χ0) is 14.9. The average Bonchev–Trinajstić information content (AvgIpc) is 3.28. The van der Waals surface area contributed by atoms with Crippen LogP contribution < -0.4 is 10.6 Å². The van der Waals surface area contributed by atoms with Gasteiger partial charge in [0.15, 0.2) is 11.6 Å². The summed E-state index contributed by atoms with van der Waals surface area (Å²) < 4.78 is 7.16. The number of hydrogen-bond acceptors (Lipinski definition) is 6. The zero-order valence-electron chi connectivity index (χ0n) is 12.0. The SMILES string of the molecule is Nc1c(N2CCC(c3ccco3)C2)ncnc1-n1cccn1. The molecule has 112 valence electrons. The van der Waals surface area contributed by atoms with Crippen molar-refractivity contribution in [3.8, 4) is 5.82 Å². The third-order valence-electron chi connectivity index (χ3n) is 4.00. The molecule has 1 aliphatic rings. The van der Waals surface area contributed by atoms with Crippen LogP contribution in [0.15, 0.2) is 47.6 Å². The molecule has 4 rings (SSSR count). The summed E-state index contributed by atoms with van der Waals surface area (Å²) in [7, 11) is 0. The van der Waals surface area contributed by atoms with E-state index in [-0.39, 0.29) is 0 Å². The highest BCUT2D eigenvalue weighted by Crippen LogP contribution is 2.33. The van der Waals surface area contributed by atoms with E-state index in [4.69, 9.17) is 10.2 Å². The molecule has 0 aromatic carbocycles. The van der Waals surface area contributed by atoms with Crippen LogP contribution in [0.5, 0.6) is 0 Å². The second kappa shape index (κ2) is 5.18. The molecule has 22 heavy (non-hydrogen) atoms. The topological polar surface area (TPSA) is 86.0 Å². The summed E-state index contributed by atoms with van der Waals surface area (Å²) in [5.41, 5.74) is 6.82. The van der Waals surface area contributed by atoms with Gasteiger partial charge in [-0.05, 0) is 24.6 Å². The lowest BCUT2D eigenvalue weighted by Crippen LogP contribution is -2.23. The highest BCUT2D eigenvalue weighted by atomic mass is 16.3. The fourth-order valence-electron chi connectivity index (χ4n) is 2.91. The van der Waals surface area contributed by atoms with Crippen LogP contribution in [0.25, 0.3) is 5.82 Å². The third-order valence-corrected chi connectivity index (χ3v) is 4.00. The number of nitrogens with two attached hydrogens (primary N) is 1. The zero-order valence-corrected chi connectivity index (χ0v) is 12.0. The first-order valence-corrected chi connectivity index (χ1v) is 7.22. The second-order valence-corrected chi connectivity index (χ2v) is 5.33. The van der Waals surface area contributed by atoms with Gasteiger partial charge in [0.2, 0.25) is 0 Å². The van der Waals surface area contributed by atoms with E-state index in [2.05, 4.69) is 20.0 Å². The molecule has 1 fully saturated rings. The first-order valence-electron chi connectivity index (χ1n) is 7.22.